The number of H-pyrrole nitrogens is 1. The number of thioether (sulfide) groups is 1. The molecule has 28 heavy (non-hydrogen) atoms. The van der Waals surface area contributed by atoms with Gasteiger partial charge in [0.25, 0.3) is 0 Å². The first kappa shape index (κ1) is 19.4. The number of aryl methyl sites for hydroxylation is 1. The molecule has 0 saturated heterocycles. The molecule has 0 aliphatic rings. The first-order valence-corrected chi connectivity index (χ1v) is 9.53. The lowest BCUT2D eigenvalue weighted by atomic mass is 10.1. The Balaban J connectivity index is 1.42. The first-order valence-electron chi connectivity index (χ1n) is 8.54. The molecule has 8 nitrogen and oxygen atoms in total. The van der Waals surface area contributed by atoms with E-state index in [1.165, 1.54) is 23.5 Å². The second-order valence-electron chi connectivity index (χ2n) is 5.95. The van der Waals surface area contributed by atoms with Gasteiger partial charge >= 0.3 is 0 Å². The van der Waals surface area contributed by atoms with Gasteiger partial charge in [-0.25, -0.2) is 10.5 Å². The summed E-state index contributed by atoms with van der Waals surface area (Å²) in [6.07, 6.45) is 1.48. The van der Waals surface area contributed by atoms with Crippen LogP contribution in [0.3, 0.4) is 0 Å². The normalized spacial score (nSPS) is 10.9. The lowest BCUT2D eigenvalue weighted by molar-refractivity contribution is -0.118. The van der Waals surface area contributed by atoms with Gasteiger partial charge in [0.2, 0.25) is 17.0 Å². The Morgan fingerprint density at radius 1 is 1.25 bits per heavy atom. The molecule has 1 aromatic heterocycles. The predicted molar refractivity (Wildman–Crippen MR) is 109 cm³/mol. The van der Waals surface area contributed by atoms with Crippen LogP contribution in [0, 0.1) is 6.92 Å². The van der Waals surface area contributed by atoms with Crippen LogP contribution in [0.1, 0.15) is 16.7 Å². The Hall–Kier alpha value is -3.33. The fraction of sp³-hybridized carbons (Fsp3) is 0.158. The maximum Gasteiger partial charge on any atom is 0.240 e. The summed E-state index contributed by atoms with van der Waals surface area (Å²) in [4.78, 5) is 16.2. The number of nitrogens with one attached hydrogen (secondary N) is 3. The fourth-order valence-electron chi connectivity index (χ4n) is 2.21. The molecule has 0 spiro atoms. The number of carbonyl (C=O) groups is 1. The number of carbonyl (C=O) groups excluding carboxylic acids is 1. The van der Waals surface area contributed by atoms with E-state index >= 15 is 0 Å². The van der Waals surface area contributed by atoms with E-state index in [9.17, 15) is 9.90 Å². The Kier molecular flexibility index (Phi) is 6.64. The maximum absolute atomic E-state index is 12.0. The number of benzene rings is 2. The first-order chi connectivity index (χ1) is 13.6. The topological polar surface area (TPSA) is 115 Å². The Morgan fingerprint density at radius 2 is 2.04 bits per heavy atom. The molecule has 0 aliphatic heterocycles. The highest BCUT2D eigenvalue weighted by Gasteiger charge is 2.07. The number of amides is 1. The third kappa shape index (κ3) is 5.85. The number of nitrogens with zero attached hydrogens (tertiary/aromatic N) is 3. The van der Waals surface area contributed by atoms with Crippen molar-refractivity contribution >= 4 is 29.8 Å². The number of hydrogen-bond donors (Lipinski definition) is 4. The highest BCUT2D eigenvalue weighted by Crippen LogP contribution is 2.15. The molecule has 0 atom stereocenters. The van der Waals surface area contributed by atoms with Crippen molar-refractivity contribution < 1.29 is 9.90 Å². The molecule has 4 N–H and O–H groups in total. The van der Waals surface area contributed by atoms with Gasteiger partial charge in [0.1, 0.15) is 5.75 Å². The lowest BCUT2D eigenvalue weighted by Gasteiger charge is -2.04. The van der Waals surface area contributed by atoms with Crippen LogP contribution in [-0.2, 0) is 11.3 Å². The monoisotopic (exact) mass is 396 g/mol. The van der Waals surface area contributed by atoms with Crippen LogP contribution in [0.5, 0.6) is 5.75 Å². The van der Waals surface area contributed by atoms with Crippen LogP contribution in [0.25, 0.3) is 0 Å². The molecule has 2 aromatic carbocycles. The van der Waals surface area contributed by atoms with Crippen LogP contribution in [0.4, 0.5) is 5.95 Å². The Morgan fingerprint density at radius 3 is 2.82 bits per heavy atom. The van der Waals surface area contributed by atoms with Crippen molar-refractivity contribution in [2.45, 2.75) is 18.6 Å². The zero-order valence-corrected chi connectivity index (χ0v) is 16.0. The van der Waals surface area contributed by atoms with Crippen molar-refractivity contribution in [3.8, 4) is 5.75 Å². The smallest absolute Gasteiger partial charge is 0.240 e. The van der Waals surface area contributed by atoms with E-state index < -0.39 is 0 Å². The molecule has 0 fully saturated rings. The van der Waals surface area contributed by atoms with E-state index in [0.29, 0.717) is 23.2 Å². The van der Waals surface area contributed by atoms with Gasteiger partial charge in [-0.3, -0.25) is 4.79 Å². The number of hydrogen-bond acceptors (Lipinski definition) is 7. The summed E-state index contributed by atoms with van der Waals surface area (Å²) >= 11 is 1.22. The predicted octanol–water partition coefficient (Wildman–Crippen LogP) is 2.67. The second kappa shape index (κ2) is 9.56. The van der Waals surface area contributed by atoms with Gasteiger partial charge in [0, 0.05) is 12.1 Å². The minimum atomic E-state index is -0.0949. The number of rotatable bonds is 8. The maximum atomic E-state index is 12.0. The second-order valence-corrected chi connectivity index (χ2v) is 6.89. The van der Waals surface area contributed by atoms with Crippen LogP contribution >= 0.6 is 11.8 Å². The largest absolute Gasteiger partial charge is 0.507 e. The number of aromatic amines is 1. The van der Waals surface area contributed by atoms with Crippen LogP contribution in [0.15, 0.2) is 58.8 Å². The fourth-order valence-corrected chi connectivity index (χ4v) is 2.84. The number of aromatic hydroxyl groups is 1. The van der Waals surface area contributed by atoms with Gasteiger partial charge in [0.05, 0.1) is 12.0 Å². The summed E-state index contributed by atoms with van der Waals surface area (Å²) in [5.74, 6) is 0.597. The van der Waals surface area contributed by atoms with Gasteiger partial charge in [-0.15, -0.1) is 5.10 Å². The molecule has 1 heterocycles. The minimum Gasteiger partial charge on any atom is -0.507 e. The molecular weight excluding hydrogens is 376 g/mol. The zero-order chi connectivity index (χ0) is 19.8. The van der Waals surface area contributed by atoms with E-state index in [-0.39, 0.29) is 17.4 Å². The molecule has 9 heteroatoms. The van der Waals surface area contributed by atoms with Crippen molar-refractivity contribution in [3.63, 3.8) is 0 Å². The van der Waals surface area contributed by atoms with Crippen molar-refractivity contribution in [2.75, 3.05) is 11.2 Å². The third-order valence-corrected chi connectivity index (χ3v) is 4.57. The average molecular weight is 396 g/mol. The number of phenolic OH excluding ortho intramolecular Hbond substituents is 1. The van der Waals surface area contributed by atoms with E-state index in [1.54, 1.807) is 24.3 Å². The molecule has 3 aromatic rings. The van der Waals surface area contributed by atoms with Crippen molar-refractivity contribution in [2.24, 2.45) is 5.10 Å². The van der Waals surface area contributed by atoms with Gasteiger partial charge in [-0.2, -0.15) is 10.1 Å². The number of para-hydroxylation sites is 1. The van der Waals surface area contributed by atoms with Crippen LogP contribution in [0.2, 0.25) is 0 Å². The Bertz CT molecular complexity index is 955. The van der Waals surface area contributed by atoms with E-state index in [0.717, 1.165) is 5.56 Å². The lowest BCUT2D eigenvalue weighted by Crippen LogP contribution is -2.24. The zero-order valence-electron chi connectivity index (χ0n) is 15.2. The van der Waals surface area contributed by atoms with Crippen molar-refractivity contribution in [3.05, 3.63) is 65.2 Å². The number of aromatic nitrogens is 3. The van der Waals surface area contributed by atoms with E-state index in [4.69, 9.17) is 0 Å². The summed E-state index contributed by atoms with van der Waals surface area (Å²) < 4.78 is 0. The molecule has 0 bridgehead atoms. The summed E-state index contributed by atoms with van der Waals surface area (Å²) in [6, 6.07) is 14.9. The highest BCUT2D eigenvalue weighted by atomic mass is 32.2. The van der Waals surface area contributed by atoms with Crippen molar-refractivity contribution in [1.29, 1.82) is 0 Å². The van der Waals surface area contributed by atoms with Crippen molar-refractivity contribution in [1.82, 2.24) is 20.5 Å². The van der Waals surface area contributed by atoms with E-state index in [1.807, 2.05) is 31.2 Å². The summed E-state index contributed by atoms with van der Waals surface area (Å²) in [5, 5.41) is 23.7. The highest BCUT2D eigenvalue weighted by molar-refractivity contribution is 7.99. The third-order valence-electron chi connectivity index (χ3n) is 3.72. The molecule has 3 rings (SSSR count). The molecular formula is C19H20N6O2S. The Labute approximate surface area is 166 Å². The summed E-state index contributed by atoms with van der Waals surface area (Å²) in [7, 11) is 0. The van der Waals surface area contributed by atoms with Crippen LogP contribution in [-0.4, -0.2) is 38.2 Å². The summed E-state index contributed by atoms with van der Waals surface area (Å²) in [5.41, 5.74) is 5.51. The number of phenols is 1. The minimum absolute atomic E-state index is 0.0949. The van der Waals surface area contributed by atoms with Gasteiger partial charge in [0.15, 0.2) is 0 Å². The van der Waals surface area contributed by atoms with Gasteiger partial charge in [-0.1, -0.05) is 53.7 Å². The molecule has 0 aliphatic carbocycles. The quantitative estimate of drug-likeness (QED) is 0.264. The van der Waals surface area contributed by atoms with E-state index in [2.05, 4.69) is 31.0 Å². The molecule has 0 radical (unpaired) electrons. The van der Waals surface area contributed by atoms with Crippen LogP contribution < -0.4 is 10.7 Å². The number of hydrazone groups is 1. The molecule has 1 amide bonds. The molecule has 0 unspecified atom stereocenters. The van der Waals surface area contributed by atoms with Gasteiger partial charge in [-0.05, 0) is 24.6 Å². The number of anilines is 1. The van der Waals surface area contributed by atoms with Gasteiger partial charge < -0.3 is 10.4 Å². The molecule has 144 valence electrons. The summed E-state index contributed by atoms with van der Waals surface area (Å²) in [6.45, 7) is 2.51. The SMILES string of the molecule is Cc1ccc(CNC(=O)CSc2n[nH]c(N/N=C/c3ccccc3O)n2)cc1. The molecule has 0 saturated carbocycles. The average Bonchev–Trinajstić information content (AvgIpc) is 3.15. The standard InChI is InChI=1S/C19H20N6O2S/c1-13-6-8-14(9-7-13)10-20-17(27)12-28-19-22-18(24-25-19)23-21-11-15-4-2-3-5-16(15)26/h2-9,11,26H,10,12H2,1H3,(H,20,27)(H2,22,23,24,25)/b21-11+.